The van der Waals surface area contributed by atoms with Gasteiger partial charge >= 0.3 is 0 Å². The number of carbonyl (C=O) groups excluding carboxylic acids is 2. The Morgan fingerprint density at radius 1 is 1.13 bits per heavy atom. The summed E-state index contributed by atoms with van der Waals surface area (Å²) in [6.07, 6.45) is 10.4. The van der Waals surface area contributed by atoms with Crippen LogP contribution in [0.4, 0.5) is 0 Å². The molecule has 5 heteroatoms. The van der Waals surface area contributed by atoms with Gasteiger partial charge in [0, 0.05) is 39.0 Å². The first-order valence-electron chi connectivity index (χ1n) is 11.1. The number of nitrogens with zero attached hydrogens (tertiary/aromatic N) is 2. The van der Waals surface area contributed by atoms with Crippen LogP contribution in [-0.4, -0.2) is 41.8 Å². The zero-order valence-corrected chi connectivity index (χ0v) is 17.8. The molecular formula is C25H31N3O2. The van der Waals surface area contributed by atoms with E-state index >= 15 is 0 Å². The van der Waals surface area contributed by atoms with Crippen molar-refractivity contribution in [2.24, 2.45) is 11.3 Å². The Morgan fingerprint density at radius 3 is 2.60 bits per heavy atom. The van der Waals surface area contributed by atoms with Crippen LogP contribution in [0.25, 0.3) is 11.1 Å². The van der Waals surface area contributed by atoms with E-state index in [1.165, 1.54) is 25.7 Å². The van der Waals surface area contributed by atoms with Crippen molar-refractivity contribution in [3.8, 4) is 11.1 Å². The van der Waals surface area contributed by atoms with Gasteiger partial charge in [-0.1, -0.05) is 37.1 Å². The molecule has 2 fully saturated rings. The molecule has 1 aromatic heterocycles. The summed E-state index contributed by atoms with van der Waals surface area (Å²) in [6.45, 7) is 1.17. The second kappa shape index (κ2) is 8.99. The lowest BCUT2D eigenvalue weighted by Crippen LogP contribution is -2.44. The van der Waals surface area contributed by atoms with Crippen molar-refractivity contribution in [2.75, 3.05) is 20.1 Å². The fourth-order valence-electron chi connectivity index (χ4n) is 5.20. The molecule has 2 aliphatic rings. The van der Waals surface area contributed by atoms with Crippen molar-refractivity contribution in [2.45, 2.75) is 44.9 Å². The molecule has 1 atom stereocenters. The van der Waals surface area contributed by atoms with Crippen LogP contribution < -0.4 is 5.32 Å². The van der Waals surface area contributed by atoms with E-state index in [-0.39, 0.29) is 11.8 Å². The van der Waals surface area contributed by atoms with Crippen molar-refractivity contribution in [1.82, 2.24) is 15.2 Å². The Labute approximate surface area is 178 Å². The molecule has 1 aliphatic carbocycles. The first-order chi connectivity index (χ1) is 14.6. The lowest BCUT2D eigenvalue weighted by Gasteiger charge is -2.29. The van der Waals surface area contributed by atoms with Gasteiger partial charge in [-0.25, -0.2) is 0 Å². The van der Waals surface area contributed by atoms with Crippen molar-refractivity contribution in [3.63, 3.8) is 0 Å². The number of carbonyl (C=O) groups is 2. The highest BCUT2D eigenvalue weighted by molar-refractivity contribution is 5.86. The van der Waals surface area contributed by atoms with Gasteiger partial charge < -0.3 is 10.2 Å². The summed E-state index contributed by atoms with van der Waals surface area (Å²) in [4.78, 5) is 32.0. The number of nitrogens with one attached hydrogen (secondary N) is 1. The van der Waals surface area contributed by atoms with Crippen LogP contribution in [0.2, 0.25) is 0 Å². The largest absolute Gasteiger partial charge is 0.359 e. The topological polar surface area (TPSA) is 62.3 Å². The maximum Gasteiger partial charge on any atom is 0.228 e. The van der Waals surface area contributed by atoms with Gasteiger partial charge in [0.25, 0.3) is 0 Å². The number of aromatic nitrogens is 1. The minimum atomic E-state index is -0.580. The van der Waals surface area contributed by atoms with Crippen LogP contribution in [0.3, 0.4) is 0 Å². The van der Waals surface area contributed by atoms with Crippen LogP contribution in [0.1, 0.15) is 44.1 Å². The zero-order valence-electron chi connectivity index (χ0n) is 17.8. The lowest BCUT2D eigenvalue weighted by molar-refractivity contribution is -0.133. The van der Waals surface area contributed by atoms with Gasteiger partial charge in [0.15, 0.2) is 0 Å². The van der Waals surface area contributed by atoms with E-state index in [1.807, 2.05) is 29.2 Å². The summed E-state index contributed by atoms with van der Waals surface area (Å²) in [6, 6.07) is 12.2. The van der Waals surface area contributed by atoms with E-state index in [2.05, 4.69) is 22.4 Å². The van der Waals surface area contributed by atoms with E-state index in [0.717, 1.165) is 16.7 Å². The van der Waals surface area contributed by atoms with Gasteiger partial charge in [-0.15, -0.1) is 0 Å². The maximum atomic E-state index is 13.0. The molecule has 158 valence electrons. The van der Waals surface area contributed by atoms with Crippen molar-refractivity contribution < 1.29 is 9.59 Å². The lowest BCUT2D eigenvalue weighted by atomic mass is 9.78. The van der Waals surface area contributed by atoms with Gasteiger partial charge in [0.1, 0.15) is 0 Å². The third-order valence-electron chi connectivity index (χ3n) is 6.89. The van der Waals surface area contributed by atoms with Crippen molar-refractivity contribution in [1.29, 1.82) is 0 Å². The van der Waals surface area contributed by atoms with Gasteiger partial charge in [0.2, 0.25) is 11.8 Å². The van der Waals surface area contributed by atoms with Crippen LogP contribution in [-0.2, 0) is 16.0 Å². The smallest absolute Gasteiger partial charge is 0.228 e. The van der Waals surface area contributed by atoms with E-state index in [4.69, 9.17) is 0 Å². The van der Waals surface area contributed by atoms with E-state index < -0.39 is 5.41 Å². The molecule has 0 radical (unpaired) electrons. The van der Waals surface area contributed by atoms with Crippen LogP contribution in [0.15, 0.2) is 48.8 Å². The molecule has 0 unspecified atom stereocenters. The molecular weight excluding hydrogens is 374 g/mol. The number of hydrogen-bond acceptors (Lipinski definition) is 3. The number of amides is 2. The summed E-state index contributed by atoms with van der Waals surface area (Å²) in [5.74, 6) is 0.776. The highest BCUT2D eigenvalue weighted by atomic mass is 16.2. The molecule has 1 saturated heterocycles. The molecule has 1 aromatic carbocycles. The molecule has 2 amide bonds. The fraction of sp³-hybridized carbons (Fsp3) is 0.480. The van der Waals surface area contributed by atoms with Crippen LogP contribution in [0, 0.1) is 11.3 Å². The standard InChI is InChI=1S/C25H31N3O2/c1-26-24(30)25(12-15-28(18-25)23(29)16-19-6-2-3-7-19)17-21-8-4-5-9-22(21)20-10-13-27-14-11-20/h4-5,8-11,13-14,19H,2-3,6-7,12,15-18H2,1H3,(H,26,30)/t25-/m0/s1. The highest BCUT2D eigenvalue weighted by Crippen LogP contribution is 2.38. The third-order valence-corrected chi connectivity index (χ3v) is 6.89. The van der Waals surface area contributed by atoms with Gasteiger partial charge in [-0.3, -0.25) is 14.6 Å². The average Bonchev–Trinajstić information content (AvgIpc) is 3.45. The quantitative estimate of drug-likeness (QED) is 0.794. The third kappa shape index (κ3) is 4.25. The molecule has 2 aromatic rings. The number of pyridine rings is 1. The first-order valence-corrected chi connectivity index (χ1v) is 11.1. The summed E-state index contributed by atoms with van der Waals surface area (Å²) in [5, 5.41) is 2.87. The fourth-order valence-corrected chi connectivity index (χ4v) is 5.20. The van der Waals surface area contributed by atoms with Gasteiger partial charge in [-0.2, -0.15) is 0 Å². The molecule has 0 bridgehead atoms. The predicted molar refractivity (Wildman–Crippen MR) is 118 cm³/mol. The van der Waals surface area contributed by atoms with E-state index in [1.54, 1.807) is 19.4 Å². The molecule has 1 aliphatic heterocycles. The number of benzene rings is 1. The zero-order chi connectivity index (χ0) is 21.0. The molecule has 0 spiro atoms. The summed E-state index contributed by atoms with van der Waals surface area (Å²) in [7, 11) is 1.70. The molecule has 1 N–H and O–H groups in total. The normalized spacial score (nSPS) is 21.7. The first kappa shape index (κ1) is 20.6. The average molecular weight is 406 g/mol. The van der Waals surface area contributed by atoms with Gasteiger partial charge in [-0.05, 0) is 60.4 Å². The number of rotatable bonds is 6. The number of hydrogen-bond donors (Lipinski definition) is 1. The van der Waals surface area contributed by atoms with Crippen molar-refractivity contribution >= 4 is 11.8 Å². The second-order valence-electron chi connectivity index (χ2n) is 8.85. The molecule has 4 rings (SSSR count). The Morgan fingerprint density at radius 2 is 1.87 bits per heavy atom. The Balaban J connectivity index is 1.56. The Bertz CT molecular complexity index is 892. The SMILES string of the molecule is CNC(=O)[C@]1(Cc2ccccc2-c2ccncc2)CCN(C(=O)CC2CCCC2)C1. The maximum absolute atomic E-state index is 13.0. The molecule has 5 nitrogen and oxygen atoms in total. The minimum absolute atomic E-state index is 0.0307. The monoisotopic (exact) mass is 405 g/mol. The van der Waals surface area contributed by atoms with Gasteiger partial charge in [0.05, 0.1) is 5.41 Å². The summed E-state index contributed by atoms with van der Waals surface area (Å²) >= 11 is 0. The summed E-state index contributed by atoms with van der Waals surface area (Å²) in [5.41, 5.74) is 2.78. The van der Waals surface area contributed by atoms with E-state index in [0.29, 0.717) is 38.3 Å². The predicted octanol–water partition coefficient (Wildman–Crippen LogP) is 3.84. The molecule has 1 saturated carbocycles. The second-order valence-corrected chi connectivity index (χ2v) is 8.85. The Hall–Kier alpha value is -2.69. The molecule has 2 heterocycles. The summed E-state index contributed by atoms with van der Waals surface area (Å²) < 4.78 is 0. The minimum Gasteiger partial charge on any atom is -0.359 e. The van der Waals surface area contributed by atoms with Crippen molar-refractivity contribution in [3.05, 3.63) is 54.4 Å². The highest BCUT2D eigenvalue weighted by Gasteiger charge is 2.46. The Kier molecular flexibility index (Phi) is 6.16. The number of likely N-dealkylation sites (tertiary alicyclic amines) is 1. The molecule has 30 heavy (non-hydrogen) atoms. The van der Waals surface area contributed by atoms with Crippen LogP contribution in [0.5, 0.6) is 0 Å². The van der Waals surface area contributed by atoms with Crippen LogP contribution >= 0.6 is 0 Å². The van der Waals surface area contributed by atoms with E-state index in [9.17, 15) is 9.59 Å².